The zero-order chi connectivity index (χ0) is 23.1. The van der Waals surface area contributed by atoms with E-state index in [9.17, 15) is 18.0 Å². The molecule has 3 aromatic rings. The van der Waals surface area contributed by atoms with E-state index in [0.717, 1.165) is 28.8 Å². The molecule has 3 aromatic carbocycles. The lowest BCUT2D eigenvalue weighted by Gasteiger charge is -2.17. The molecule has 0 aliphatic heterocycles. The Balaban J connectivity index is 1.63. The molecule has 3 rings (SSSR count). The Morgan fingerprint density at radius 2 is 1.69 bits per heavy atom. The molecule has 32 heavy (non-hydrogen) atoms. The number of rotatable bonds is 8. The van der Waals surface area contributed by atoms with Crippen molar-refractivity contribution in [3.05, 3.63) is 89.5 Å². The van der Waals surface area contributed by atoms with Crippen molar-refractivity contribution in [3.8, 4) is 16.9 Å². The number of hydrogen-bond acceptors (Lipinski definition) is 3. The number of carbonyl (C=O) groups is 1. The Kier molecular flexibility index (Phi) is 7.53. The standard InChI is InChI=1S/C25H25F3N2O2/c1-30(2)16-21-14-20(19-8-4-3-5-9-19)11-12-23(21)32-17-24(31)29-15-18-7-6-10-22(13-18)25(26,27)28/h3-14H,15-17H2,1-2H3,(H,29,31). The third-order valence-electron chi connectivity index (χ3n) is 4.76. The van der Waals surface area contributed by atoms with Crippen molar-refractivity contribution in [3.63, 3.8) is 0 Å². The molecular formula is C25H25F3N2O2. The fourth-order valence-corrected chi connectivity index (χ4v) is 3.25. The first-order valence-electron chi connectivity index (χ1n) is 10.1. The normalized spacial score (nSPS) is 11.4. The number of halogens is 3. The van der Waals surface area contributed by atoms with Crippen LogP contribution in [0.25, 0.3) is 11.1 Å². The molecule has 1 amide bonds. The smallest absolute Gasteiger partial charge is 0.416 e. The Hall–Kier alpha value is -3.32. The van der Waals surface area contributed by atoms with Gasteiger partial charge in [0.25, 0.3) is 5.91 Å². The van der Waals surface area contributed by atoms with Crippen molar-refractivity contribution in [2.45, 2.75) is 19.3 Å². The van der Waals surface area contributed by atoms with Crippen molar-refractivity contribution >= 4 is 5.91 Å². The highest BCUT2D eigenvalue weighted by Gasteiger charge is 2.30. The van der Waals surface area contributed by atoms with Crippen LogP contribution in [-0.2, 0) is 24.1 Å². The summed E-state index contributed by atoms with van der Waals surface area (Å²) in [5.41, 5.74) is 2.68. The average molecular weight is 442 g/mol. The first-order chi connectivity index (χ1) is 15.2. The average Bonchev–Trinajstić information content (AvgIpc) is 2.76. The van der Waals surface area contributed by atoms with Crippen molar-refractivity contribution in [1.29, 1.82) is 0 Å². The van der Waals surface area contributed by atoms with E-state index in [1.807, 2.05) is 67.5 Å². The molecule has 0 heterocycles. The highest BCUT2D eigenvalue weighted by atomic mass is 19.4. The van der Waals surface area contributed by atoms with Crippen LogP contribution in [0.3, 0.4) is 0 Å². The zero-order valence-corrected chi connectivity index (χ0v) is 17.9. The minimum absolute atomic E-state index is 0.0103. The van der Waals surface area contributed by atoms with Crippen LogP contribution >= 0.6 is 0 Å². The second-order valence-electron chi connectivity index (χ2n) is 7.69. The Bertz CT molecular complexity index is 1050. The molecule has 1 N–H and O–H groups in total. The van der Waals surface area contributed by atoms with Crippen molar-refractivity contribution in [2.75, 3.05) is 20.7 Å². The van der Waals surface area contributed by atoms with Crippen LogP contribution in [0.2, 0.25) is 0 Å². The number of carbonyl (C=O) groups excluding carboxylic acids is 1. The second-order valence-corrected chi connectivity index (χ2v) is 7.69. The molecule has 0 aromatic heterocycles. The topological polar surface area (TPSA) is 41.6 Å². The number of nitrogens with zero attached hydrogens (tertiary/aromatic N) is 1. The number of hydrogen-bond donors (Lipinski definition) is 1. The summed E-state index contributed by atoms with van der Waals surface area (Å²) in [5, 5.41) is 2.60. The molecule has 0 radical (unpaired) electrons. The van der Waals surface area contributed by atoms with Gasteiger partial charge in [-0.2, -0.15) is 13.2 Å². The predicted octanol–water partition coefficient (Wildman–Crippen LogP) is 5.13. The molecule has 0 saturated heterocycles. The Morgan fingerprint density at radius 1 is 0.938 bits per heavy atom. The molecule has 0 atom stereocenters. The monoisotopic (exact) mass is 442 g/mol. The highest BCUT2D eigenvalue weighted by molar-refractivity contribution is 5.77. The first kappa shape index (κ1) is 23.3. The zero-order valence-electron chi connectivity index (χ0n) is 17.9. The van der Waals surface area contributed by atoms with Gasteiger partial charge < -0.3 is 15.0 Å². The quantitative estimate of drug-likeness (QED) is 0.526. The number of alkyl halides is 3. The SMILES string of the molecule is CN(C)Cc1cc(-c2ccccc2)ccc1OCC(=O)NCc1cccc(C(F)(F)F)c1. The van der Waals surface area contributed by atoms with Gasteiger partial charge in [0.1, 0.15) is 5.75 Å². The maximum Gasteiger partial charge on any atom is 0.416 e. The van der Waals surface area contributed by atoms with Gasteiger partial charge in [-0.15, -0.1) is 0 Å². The molecule has 0 fully saturated rings. The minimum Gasteiger partial charge on any atom is -0.483 e. The van der Waals surface area contributed by atoms with E-state index in [2.05, 4.69) is 5.32 Å². The van der Waals surface area contributed by atoms with Gasteiger partial charge in [-0.1, -0.05) is 48.5 Å². The van der Waals surface area contributed by atoms with Crippen LogP contribution in [0.1, 0.15) is 16.7 Å². The Labute approximate surface area is 185 Å². The summed E-state index contributed by atoms with van der Waals surface area (Å²) < 4.78 is 44.2. The van der Waals surface area contributed by atoms with E-state index in [4.69, 9.17) is 4.74 Å². The molecule has 0 aliphatic rings. The molecule has 168 valence electrons. The minimum atomic E-state index is -4.42. The van der Waals surface area contributed by atoms with Crippen LogP contribution in [0.5, 0.6) is 5.75 Å². The van der Waals surface area contributed by atoms with Crippen molar-refractivity contribution < 1.29 is 22.7 Å². The fourth-order valence-electron chi connectivity index (χ4n) is 3.25. The summed E-state index contributed by atoms with van der Waals surface area (Å²) in [7, 11) is 3.89. The van der Waals surface area contributed by atoms with Gasteiger partial charge in [0.2, 0.25) is 0 Å². The summed E-state index contributed by atoms with van der Waals surface area (Å²) >= 11 is 0. The highest BCUT2D eigenvalue weighted by Crippen LogP contribution is 2.30. The number of ether oxygens (including phenoxy) is 1. The molecule has 0 saturated carbocycles. The predicted molar refractivity (Wildman–Crippen MR) is 118 cm³/mol. The number of nitrogens with one attached hydrogen (secondary N) is 1. The van der Waals surface area contributed by atoms with E-state index < -0.39 is 17.6 Å². The van der Waals surface area contributed by atoms with Crippen molar-refractivity contribution in [2.24, 2.45) is 0 Å². The largest absolute Gasteiger partial charge is 0.483 e. The molecule has 4 nitrogen and oxygen atoms in total. The van der Waals surface area contributed by atoms with E-state index in [0.29, 0.717) is 17.9 Å². The molecule has 0 bridgehead atoms. The van der Waals surface area contributed by atoms with Crippen LogP contribution in [-0.4, -0.2) is 31.5 Å². The van der Waals surface area contributed by atoms with Gasteiger partial charge in [-0.25, -0.2) is 0 Å². The van der Waals surface area contributed by atoms with E-state index >= 15 is 0 Å². The van der Waals surface area contributed by atoms with Gasteiger partial charge in [0.05, 0.1) is 5.56 Å². The summed E-state index contributed by atoms with van der Waals surface area (Å²) in [6.07, 6.45) is -4.42. The van der Waals surface area contributed by atoms with Crippen LogP contribution in [0.4, 0.5) is 13.2 Å². The van der Waals surface area contributed by atoms with Gasteiger partial charge >= 0.3 is 6.18 Å². The van der Waals surface area contributed by atoms with Crippen LogP contribution < -0.4 is 10.1 Å². The molecular weight excluding hydrogens is 417 g/mol. The number of benzene rings is 3. The summed E-state index contributed by atoms with van der Waals surface area (Å²) in [6.45, 7) is 0.384. The van der Waals surface area contributed by atoms with Gasteiger partial charge in [-0.3, -0.25) is 4.79 Å². The summed E-state index contributed by atoms with van der Waals surface area (Å²) in [4.78, 5) is 14.2. The van der Waals surface area contributed by atoms with E-state index in [1.54, 1.807) is 0 Å². The lowest BCUT2D eigenvalue weighted by molar-refractivity contribution is -0.137. The van der Waals surface area contributed by atoms with Crippen LogP contribution in [0, 0.1) is 0 Å². The first-order valence-corrected chi connectivity index (χ1v) is 10.1. The summed E-state index contributed by atoms with van der Waals surface area (Å²) in [6, 6.07) is 20.6. The Morgan fingerprint density at radius 3 is 2.38 bits per heavy atom. The lowest BCUT2D eigenvalue weighted by Crippen LogP contribution is -2.28. The molecule has 0 spiro atoms. The van der Waals surface area contributed by atoms with Crippen molar-refractivity contribution in [1.82, 2.24) is 10.2 Å². The third-order valence-corrected chi connectivity index (χ3v) is 4.76. The maximum absolute atomic E-state index is 12.8. The second kappa shape index (κ2) is 10.3. The molecule has 7 heteroatoms. The fraction of sp³-hybridized carbons (Fsp3) is 0.240. The lowest BCUT2D eigenvalue weighted by atomic mass is 10.0. The van der Waals surface area contributed by atoms with Crippen LogP contribution in [0.15, 0.2) is 72.8 Å². The molecule has 0 aliphatic carbocycles. The van der Waals surface area contributed by atoms with Gasteiger partial charge in [0, 0.05) is 18.7 Å². The number of amides is 1. The van der Waals surface area contributed by atoms with Gasteiger partial charge in [-0.05, 0) is 55.1 Å². The maximum atomic E-state index is 12.8. The third kappa shape index (κ3) is 6.59. The van der Waals surface area contributed by atoms with Gasteiger partial charge in [0.15, 0.2) is 6.61 Å². The summed E-state index contributed by atoms with van der Waals surface area (Å²) in [5.74, 6) is 0.179. The van der Waals surface area contributed by atoms with E-state index in [-0.39, 0.29) is 13.2 Å². The molecule has 0 unspecified atom stereocenters. The van der Waals surface area contributed by atoms with E-state index in [1.165, 1.54) is 12.1 Å².